The second kappa shape index (κ2) is 8.54. The number of hydrogen-bond acceptors (Lipinski definition) is 4. The Morgan fingerprint density at radius 2 is 1.91 bits per heavy atom. The van der Waals surface area contributed by atoms with E-state index in [9.17, 15) is 28.2 Å². The van der Waals surface area contributed by atoms with E-state index in [0.717, 1.165) is 5.56 Å². The van der Waals surface area contributed by atoms with Gasteiger partial charge in [0.1, 0.15) is 0 Å². The normalized spacial score (nSPS) is 14.4. The second-order valence-corrected chi connectivity index (χ2v) is 11.4. The van der Waals surface area contributed by atoms with Crippen LogP contribution in [0.1, 0.15) is 36.2 Å². The molecular weight excluding hydrogens is 538 g/mol. The molecule has 1 atom stereocenters. The van der Waals surface area contributed by atoms with Crippen LogP contribution in [0.25, 0.3) is 16.6 Å². The van der Waals surface area contributed by atoms with Crippen molar-refractivity contribution in [3.63, 3.8) is 0 Å². The zero-order valence-electron chi connectivity index (χ0n) is 17.7. The van der Waals surface area contributed by atoms with Crippen LogP contribution in [0.15, 0.2) is 42.6 Å². The molecule has 0 saturated carbocycles. The number of carboxylic acid groups (broad SMARTS) is 1. The summed E-state index contributed by atoms with van der Waals surface area (Å²) < 4.78 is 41.9. The molecule has 0 radical (unpaired) electrons. The summed E-state index contributed by atoms with van der Waals surface area (Å²) in [5.41, 5.74) is -0.557. The topological polar surface area (TPSA) is 87.4 Å². The predicted octanol–water partition coefficient (Wildman–Crippen LogP) is 5.34. The summed E-state index contributed by atoms with van der Waals surface area (Å²) in [6, 6.07) is 9.71. The Labute approximate surface area is 196 Å². The molecule has 1 unspecified atom stereocenters. The zero-order valence-corrected chi connectivity index (χ0v) is 19.8. The number of benzene rings is 2. The van der Waals surface area contributed by atoms with E-state index in [4.69, 9.17) is 0 Å². The van der Waals surface area contributed by atoms with Crippen molar-refractivity contribution in [1.29, 1.82) is 0 Å². The molecule has 1 aromatic heterocycles. The molecule has 10 heteroatoms. The van der Waals surface area contributed by atoms with Gasteiger partial charge in [0, 0.05) is 20.9 Å². The van der Waals surface area contributed by atoms with Crippen LogP contribution in [-0.2, 0) is 0 Å². The SMILES string of the molecule is Cc1cc(NCC(O)(CC(C)(C)I)C(F)(F)F)c2cnn(-c3cccc(C(=O)O)c3)c2c1. The second-order valence-electron chi connectivity index (χ2n) is 8.44. The highest BCUT2D eigenvalue weighted by Crippen LogP contribution is 2.40. The van der Waals surface area contributed by atoms with Crippen molar-refractivity contribution in [2.75, 3.05) is 11.9 Å². The Hall–Kier alpha value is -2.34. The highest BCUT2D eigenvalue weighted by atomic mass is 127. The monoisotopic (exact) mass is 561 g/mol. The van der Waals surface area contributed by atoms with Gasteiger partial charge in [-0.15, -0.1) is 0 Å². The Kier molecular flexibility index (Phi) is 6.49. The lowest BCUT2D eigenvalue weighted by molar-refractivity contribution is -0.257. The molecule has 2 aromatic carbocycles. The van der Waals surface area contributed by atoms with Gasteiger partial charge >= 0.3 is 12.1 Å². The number of aliphatic hydroxyl groups is 1. The lowest BCUT2D eigenvalue weighted by Gasteiger charge is -2.35. The van der Waals surface area contributed by atoms with Crippen molar-refractivity contribution in [3.05, 3.63) is 53.7 Å². The van der Waals surface area contributed by atoms with Crippen molar-refractivity contribution in [2.45, 2.75) is 42.4 Å². The van der Waals surface area contributed by atoms with Crippen molar-refractivity contribution < 1.29 is 28.2 Å². The van der Waals surface area contributed by atoms with Gasteiger partial charge in [-0.05, 0) is 42.8 Å². The molecule has 1 heterocycles. The number of anilines is 1. The summed E-state index contributed by atoms with van der Waals surface area (Å²) in [6.07, 6.45) is -3.79. The number of hydrogen-bond donors (Lipinski definition) is 3. The van der Waals surface area contributed by atoms with Crippen LogP contribution >= 0.6 is 22.6 Å². The van der Waals surface area contributed by atoms with Crippen molar-refractivity contribution in [3.8, 4) is 5.69 Å². The summed E-state index contributed by atoms with van der Waals surface area (Å²) in [4.78, 5) is 11.3. The molecule has 0 aliphatic rings. The number of fused-ring (bicyclic) bond motifs is 1. The summed E-state index contributed by atoms with van der Waals surface area (Å²) in [7, 11) is 0. The lowest BCUT2D eigenvalue weighted by atomic mass is 9.91. The zero-order chi connectivity index (χ0) is 23.9. The third kappa shape index (κ3) is 5.17. The molecule has 172 valence electrons. The van der Waals surface area contributed by atoms with Crippen LogP contribution in [0.2, 0.25) is 0 Å². The molecule has 3 N–H and O–H groups in total. The minimum atomic E-state index is -4.81. The fourth-order valence-electron chi connectivity index (χ4n) is 3.59. The summed E-state index contributed by atoms with van der Waals surface area (Å²) in [5, 5.41) is 27.4. The average molecular weight is 561 g/mol. The Morgan fingerprint density at radius 1 is 1.22 bits per heavy atom. The highest BCUT2D eigenvalue weighted by Gasteiger charge is 2.55. The molecule has 3 aromatic rings. The van der Waals surface area contributed by atoms with E-state index in [1.807, 2.05) is 28.7 Å². The minimum absolute atomic E-state index is 0.0915. The maximum atomic E-state index is 13.7. The van der Waals surface area contributed by atoms with E-state index in [2.05, 4.69) is 10.4 Å². The number of rotatable bonds is 7. The number of aromatic carboxylic acids is 1. The van der Waals surface area contributed by atoms with E-state index in [1.165, 1.54) is 23.0 Å². The first-order valence-corrected chi connectivity index (χ1v) is 10.8. The first-order valence-electron chi connectivity index (χ1n) is 9.74. The van der Waals surface area contributed by atoms with Crippen LogP contribution in [0, 0.1) is 6.92 Å². The van der Waals surface area contributed by atoms with Crippen LogP contribution < -0.4 is 5.32 Å². The van der Waals surface area contributed by atoms with E-state index < -0.39 is 34.1 Å². The van der Waals surface area contributed by atoms with Gasteiger partial charge in [0.05, 0.1) is 29.5 Å². The number of aryl methyl sites for hydroxylation is 1. The molecule has 32 heavy (non-hydrogen) atoms. The lowest BCUT2D eigenvalue weighted by Crippen LogP contribution is -2.53. The van der Waals surface area contributed by atoms with Crippen LogP contribution in [-0.4, -0.2) is 47.7 Å². The minimum Gasteiger partial charge on any atom is -0.478 e. The van der Waals surface area contributed by atoms with Gasteiger partial charge in [0.2, 0.25) is 0 Å². The number of nitrogens with one attached hydrogen (secondary N) is 1. The number of alkyl halides is 4. The Balaban J connectivity index is 2.00. The van der Waals surface area contributed by atoms with Gasteiger partial charge in [-0.3, -0.25) is 0 Å². The Morgan fingerprint density at radius 3 is 2.50 bits per heavy atom. The third-order valence-corrected chi connectivity index (χ3v) is 5.36. The maximum absolute atomic E-state index is 13.7. The van der Waals surface area contributed by atoms with E-state index in [0.29, 0.717) is 22.3 Å². The molecule has 0 saturated heterocycles. The number of halogens is 4. The van der Waals surface area contributed by atoms with Crippen molar-refractivity contribution in [2.24, 2.45) is 0 Å². The van der Waals surface area contributed by atoms with Gasteiger partial charge in [0.15, 0.2) is 5.60 Å². The molecule has 0 amide bonds. The number of nitrogens with zero attached hydrogens (tertiary/aromatic N) is 2. The van der Waals surface area contributed by atoms with Gasteiger partial charge in [-0.1, -0.05) is 42.5 Å². The molecule has 3 rings (SSSR count). The maximum Gasteiger partial charge on any atom is 0.418 e. The molecule has 0 spiro atoms. The molecular formula is C22H23F3IN3O3. The third-order valence-electron chi connectivity index (χ3n) is 4.98. The van der Waals surface area contributed by atoms with Gasteiger partial charge in [-0.25, -0.2) is 9.48 Å². The predicted molar refractivity (Wildman–Crippen MR) is 125 cm³/mol. The highest BCUT2D eigenvalue weighted by molar-refractivity contribution is 14.1. The number of carboxylic acids is 1. The molecule has 0 aliphatic carbocycles. The molecule has 0 bridgehead atoms. The van der Waals surface area contributed by atoms with Gasteiger partial charge in [-0.2, -0.15) is 18.3 Å². The van der Waals surface area contributed by atoms with E-state index >= 15 is 0 Å². The smallest absolute Gasteiger partial charge is 0.418 e. The number of aromatic nitrogens is 2. The van der Waals surface area contributed by atoms with Gasteiger partial charge in [0.25, 0.3) is 0 Å². The van der Waals surface area contributed by atoms with Gasteiger partial charge < -0.3 is 15.5 Å². The molecule has 0 aliphatic heterocycles. The Bertz CT molecular complexity index is 1150. The molecule has 0 fully saturated rings. The van der Waals surface area contributed by atoms with Crippen LogP contribution in [0.5, 0.6) is 0 Å². The summed E-state index contributed by atoms with van der Waals surface area (Å²) >= 11 is 1.89. The first-order chi connectivity index (χ1) is 14.7. The largest absolute Gasteiger partial charge is 0.478 e. The fourth-order valence-corrected chi connectivity index (χ4v) is 4.22. The average Bonchev–Trinajstić information content (AvgIpc) is 3.07. The van der Waals surface area contributed by atoms with Crippen LogP contribution in [0.3, 0.4) is 0 Å². The van der Waals surface area contributed by atoms with E-state index in [-0.39, 0.29) is 5.56 Å². The van der Waals surface area contributed by atoms with Crippen molar-refractivity contribution in [1.82, 2.24) is 9.78 Å². The quantitative estimate of drug-likeness (QED) is 0.268. The standard InChI is InChI=1S/C22H23F3IN3O3/c1-13-7-17(27-12-21(32,22(23,24)25)11-20(2,3)26)16-10-28-29(18(16)8-13)15-6-4-5-14(9-15)19(30)31/h4-10,27,32H,11-12H2,1-3H3,(H,30,31). The summed E-state index contributed by atoms with van der Waals surface area (Å²) in [6.45, 7) is 4.33. The number of carbonyl (C=O) groups is 1. The molecule has 6 nitrogen and oxygen atoms in total. The first kappa shape index (κ1) is 24.3. The van der Waals surface area contributed by atoms with Crippen LogP contribution in [0.4, 0.5) is 18.9 Å². The summed E-state index contributed by atoms with van der Waals surface area (Å²) in [5.74, 6) is -1.08. The van der Waals surface area contributed by atoms with Crippen molar-refractivity contribution >= 4 is 45.2 Å². The van der Waals surface area contributed by atoms with E-state index in [1.54, 1.807) is 39.0 Å². The fraction of sp³-hybridized carbons (Fsp3) is 0.364.